The molecule has 0 aliphatic heterocycles. The van der Waals surface area contributed by atoms with Crippen LogP contribution in [-0.4, -0.2) is 36.8 Å². The highest BCUT2D eigenvalue weighted by Gasteiger charge is 2.13. The topological polar surface area (TPSA) is 82.3 Å². The highest BCUT2D eigenvalue weighted by atomic mass is 32.1. The molecule has 160 valence electrons. The summed E-state index contributed by atoms with van der Waals surface area (Å²) in [4.78, 5) is 10.2. The van der Waals surface area contributed by atoms with Crippen molar-refractivity contribution in [1.82, 2.24) is 15.3 Å². The normalized spacial score (nSPS) is 11.2. The van der Waals surface area contributed by atoms with Gasteiger partial charge in [0.1, 0.15) is 5.75 Å². The maximum absolute atomic E-state index is 14.2. The van der Waals surface area contributed by atoms with Crippen LogP contribution < -0.4 is 15.8 Å². The minimum atomic E-state index is -0.504. The number of fused-ring (bicyclic) bond motifs is 1. The number of nitrogens with zero attached hydrogens (tertiary/aromatic N) is 2. The van der Waals surface area contributed by atoms with Gasteiger partial charge in [-0.15, -0.1) is 11.3 Å². The highest BCUT2D eigenvalue weighted by Crippen LogP contribution is 2.39. The molecule has 0 saturated heterocycles. The first-order valence-electron chi connectivity index (χ1n) is 9.91. The van der Waals surface area contributed by atoms with Gasteiger partial charge in [-0.1, -0.05) is 6.07 Å². The minimum absolute atomic E-state index is 0.123. The fourth-order valence-corrected chi connectivity index (χ4v) is 4.15. The predicted molar refractivity (Wildman–Crippen MR) is 122 cm³/mol. The van der Waals surface area contributed by atoms with Gasteiger partial charge in [0, 0.05) is 56.3 Å². The summed E-state index contributed by atoms with van der Waals surface area (Å²) < 4.78 is 25.9. The number of anilines is 1. The summed E-state index contributed by atoms with van der Waals surface area (Å²) in [5, 5.41) is 3.33. The molecule has 0 spiro atoms. The minimum Gasteiger partial charge on any atom is -0.453 e. The van der Waals surface area contributed by atoms with Crippen molar-refractivity contribution in [3.05, 3.63) is 66.2 Å². The monoisotopic (exact) mass is 438 g/mol. The molecule has 3 N–H and O–H groups in total. The van der Waals surface area contributed by atoms with Gasteiger partial charge in [-0.25, -0.2) is 4.39 Å². The van der Waals surface area contributed by atoms with Gasteiger partial charge in [-0.3, -0.25) is 9.97 Å². The standard InChI is InChI=1S/C23H23FN4O2S/c1-29-12-11-26-9-7-16-3-2-4-18(28-16)22-14-19-23(31-22)21(8-10-27-19)30-20-6-5-15(25)13-17(20)24/h2-6,8,10,13-14,26H,7,9,11-12,25H2,1H3. The van der Waals surface area contributed by atoms with Crippen molar-refractivity contribution in [1.29, 1.82) is 0 Å². The molecule has 0 fully saturated rings. The Morgan fingerprint density at radius 2 is 2.00 bits per heavy atom. The molecule has 0 aliphatic rings. The fourth-order valence-electron chi connectivity index (χ4n) is 3.11. The molecule has 0 saturated carbocycles. The van der Waals surface area contributed by atoms with E-state index in [9.17, 15) is 4.39 Å². The van der Waals surface area contributed by atoms with E-state index in [1.165, 1.54) is 23.5 Å². The van der Waals surface area contributed by atoms with Gasteiger partial charge in [0.15, 0.2) is 11.6 Å². The molecule has 3 aromatic heterocycles. The number of nitrogens with one attached hydrogen (secondary N) is 1. The molecule has 1 aromatic carbocycles. The van der Waals surface area contributed by atoms with Crippen molar-refractivity contribution in [2.45, 2.75) is 6.42 Å². The van der Waals surface area contributed by atoms with E-state index in [1.807, 2.05) is 24.3 Å². The van der Waals surface area contributed by atoms with Crippen molar-refractivity contribution in [3.8, 4) is 22.1 Å². The Hall–Kier alpha value is -3.07. The van der Waals surface area contributed by atoms with Crippen molar-refractivity contribution in [2.75, 3.05) is 32.5 Å². The Morgan fingerprint density at radius 3 is 2.84 bits per heavy atom. The van der Waals surface area contributed by atoms with E-state index in [0.29, 0.717) is 18.0 Å². The van der Waals surface area contributed by atoms with Crippen LogP contribution in [0.3, 0.4) is 0 Å². The Balaban J connectivity index is 1.56. The molecule has 0 unspecified atom stereocenters. The average molecular weight is 439 g/mol. The van der Waals surface area contributed by atoms with Crippen LogP contribution in [-0.2, 0) is 11.2 Å². The van der Waals surface area contributed by atoms with Gasteiger partial charge in [0.2, 0.25) is 0 Å². The molecule has 0 atom stereocenters. The summed E-state index contributed by atoms with van der Waals surface area (Å²) in [6, 6.07) is 14.1. The van der Waals surface area contributed by atoms with E-state index in [-0.39, 0.29) is 5.75 Å². The number of ether oxygens (including phenoxy) is 2. The fraction of sp³-hybridized carbons (Fsp3) is 0.217. The van der Waals surface area contributed by atoms with Crippen LogP contribution in [0.5, 0.6) is 11.5 Å². The lowest BCUT2D eigenvalue weighted by molar-refractivity contribution is 0.199. The highest BCUT2D eigenvalue weighted by molar-refractivity contribution is 7.22. The third kappa shape index (κ3) is 5.16. The SMILES string of the molecule is COCCNCCc1cccc(-c2cc3nccc(Oc4ccc(N)cc4F)c3s2)n1. The van der Waals surface area contributed by atoms with Gasteiger partial charge in [0.25, 0.3) is 0 Å². The number of aromatic nitrogens is 2. The first-order valence-corrected chi connectivity index (χ1v) is 10.7. The van der Waals surface area contributed by atoms with E-state index in [2.05, 4.69) is 10.3 Å². The molecular formula is C23H23FN4O2S. The third-order valence-corrected chi connectivity index (χ3v) is 5.81. The quantitative estimate of drug-likeness (QED) is 0.292. The second kappa shape index (κ2) is 9.82. The molecule has 0 aliphatic carbocycles. The van der Waals surface area contributed by atoms with E-state index in [4.69, 9.17) is 20.2 Å². The summed E-state index contributed by atoms with van der Waals surface area (Å²) in [6.45, 7) is 2.33. The largest absolute Gasteiger partial charge is 0.453 e. The third-order valence-electron chi connectivity index (χ3n) is 4.65. The van der Waals surface area contributed by atoms with Crippen LogP contribution in [0.4, 0.5) is 10.1 Å². The van der Waals surface area contributed by atoms with Gasteiger partial charge in [-0.2, -0.15) is 0 Å². The van der Waals surface area contributed by atoms with E-state index in [0.717, 1.165) is 46.0 Å². The maximum atomic E-state index is 14.2. The molecular weight excluding hydrogens is 415 g/mol. The Kier molecular flexibility index (Phi) is 6.71. The van der Waals surface area contributed by atoms with E-state index >= 15 is 0 Å². The number of hydrogen-bond donors (Lipinski definition) is 2. The van der Waals surface area contributed by atoms with Crippen LogP contribution in [0.15, 0.2) is 54.7 Å². The molecule has 4 rings (SSSR count). The second-order valence-electron chi connectivity index (χ2n) is 6.93. The van der Waals surface area contributed by atoms with Crippen LogP contribution in [0.2, 0.25) is 0 Å². The summed E-state index contributed by atoms with van der Waals surface area (Å²) in [7, 11) is 1.69. The molecule has 0 amide bonds. The summed E-state index contributed by atoms with van der Waals surface area (Å²) in [6.07, 6.45) is 2.48. The number of nitrogen functional groups attached to an aromatic ring is 1. The molecule has 31 heavy (non-hydrogen) atoms. The number of methoxy groups -OCH3 is 1. The van der Waals surface area contributed by atoms with Gasteiger partial charge in [-0.05, 0) is 30.3 Å². The van der Waals surface area contributed by atoms with Gasteiger partial charge >= 0.3 is 0 Å². The Bertz CT molecular complexity index is 1180. The van der Waals surface area contributed by atoms with Crippen LogP contribution in [0.1, 0.15) is 5.69 Å². The average Bonchev–Trinajstić information content (AvgIpc) is 3.21. The van der Waals surface area contributed by atoms with Crippen molar-refractivity contribution >= 4 is 27.2 Å². The maximum Gasteiger partial charge on any atom is 0.167 e. The number of benzene rings is 1. The Labute approximate surface area is 183 Å². The molecule has 0 bridgehead atoms. The lowest BCUT2D eigenvalue weighted by Gasteiger charge is -2.07. The Morgan fingerprint density at radius 1 is 1.10 bits per heavy atom. The second-order valence-corrected chi connectivity index (χ2v) is 7.99. The number of halogens is 1. The summed E-state index contributed by atoms with van der Waals surface area (Å²) >= 11 is 1.52. The smallest absolute Gasteiger partial charge is 0.167 e. The lowest BCUT2D eigenvalue weighted by atomic mass is 10.2. The van der Waals surface area contributed by atoms with Crippen molar-refractivity contribution in [2.24, 2.45) is 0 Å². The lowest BCUT2D eigenvalue weighted by Crippen LogP contribution is -2.22. The number of thiophene rings is 1. The number of nitrogens with two attached hydrogens (primary N) is 1. The van der Waals surface area contributed by atoms with Crippen molar-refractivity contribution < 1.29 is 13.9 Å². The number of pyridine rings is 2. The molecule has 8 heteroatoms. The van der Waals surface area contributed by atoms with Gasteiger partial charge < -0.3 is 20.5 Å². The van der Waals surface area contributed by atoms with Gasteiger partial charge in [0.05, 0.1) is 27.4 Å². The predicted octanol–water partition coefficient (Wildman–Crippen LogP) is 4.65. The number of rotatable bonds is 9. The van der Waals surface area contributed by atoms with Crippen molar-refractivity contribution in [3.63, 3.8) is 0 Å². The zero-order valence-electron chi connectivity index (χ0n) is 17.1. The molecule has 6 nitrogen and oxygen atoms in total. The molecule has 3 heterocycles. The number of hydrogen-bond acceptors (Lipinski definition) is 7. The first-order chi connectivity index (χ1) is 15.1. The molecule has 0 radical (unpaired) electrons. The molecule has 4 aromatic rings. The van der Waals surface area contributed by atoms with Crippen LogP contribution >= 0.6 is 11.3 Å². The zero-order chi connectivity index (χ0) is 21.6. The van der Waals surface area contributed by atoms with Crippen LogP contribution in [0.25, 0.3) is 20.8 Å². The summed E-state index contributed by atoms with van der Waals surface area (Å²) in [5.74, 6) is 0.163. The van der Waals surface area contributed by atoms with E-state index in [1.54, 1.807) is 25.4 Å². The first kappa shape index (κ1) is 21.2. The van der Waals surface area contributed by atoms with E-state index < -0.39 is 5.82 Å². The summed E-state index contributed by atoms with van der Waals surface area (Å²) in [5.41, 5.74) is 8.64. The van der Waals surface area contributed by atoms with Crippen LogP contribution in [0, 0.1) is 5.82 Å². The zero-order valence-corrected chi connectivity index (χ0v) is 17.9.